The minimum atomic E-state index is -0.374. The maximum atomic E-state index is 13.5. The number of aliphatic imine (C=N–C) groups is 1. The number of rotatable bonds is 5. The molecule has 7 heteroatoms. The molecule has 7 rings (SSSR count). The minimum Gasteiger partial charge on any atom is -0.350 e. The maximum Gasteiger partial charge on any atom is 0.283 e. The number of benzene rings is 2. The second-order valence-corrected chi connectivity index (χ2v) is 11.4. The highest BCUT2D eigenvalue weighted by Gasteiger charge is 2.51. The predicted molar refractivity (Wildman–Crippen MR) is 137 cm³/mol. The number of hydrogen-bond donors (Lipinski definition) is 1. The number of nitrogens with zero attached hydrogens (tertiary/aromatic N) is 2. The van der Waals surface area contributed by atoms with E-state index in [-0.39, 0.29) is 28.9 Å². The lowest BCUT2D eigenvalue weighted by atomic mass is 9.53. The van der Waals surface area contributed by atoms with Crippen LogP contribution >= 0.6 is 11.8 Å². The van der Waals surface area contributed by atoms with Gasteiger partial charge in [-0.15, -0.1) is 0 Å². The molecular weight excluding hydrogens is 461 g/mol. The summed E-state index contributed by atoms with van der Waals surface area (Å²) >= 11 is 1.25. The van der Waals surface area contributed by atoms with Crippen LogP contribution in [0.15, 0.2) is 65.3 Å². The second-order valence-electron chi connectivity index (χ2n) is 10.5. The number of nitrogens with one attached hydrogen (secondary N) is 1. The van der Waals surface area contributed by atoms with Crippen molar-refractivity contribution in [1.82, 2.24) is 5.32 Å². The minimum absolute atomic E-state index is 0.00774. The third-order valence-electron chi connectivity index (χ3n) is 7.79. The third kappa shape index (κ3) is 4.54. The van der Waals surface area contributed by atoms with Gasteiger partial charge in [-0.05, 0) is 92.2 Å². The zero-order chi connectivity index (χ0) is 24.0. The molecule has 1 N–H and O–H groups in total. The first-order valence-corrected chi connectivity index (χ1v) is 13.3. The lowest BCUT2D eigenvalue weighted by Crippen LogP contribution is -2.60. The fraction of sp³-hybridized carbons (Fsp3) is 0.393. The highest BCUT2D eigenvalue weighted by Crippen LogP contribution is 2.55. The summed E-state index contributed by atoms with van der Waals surface area (Å²) in [6, 6.07) is 15.3. The number of carbonyl (C=O) groups is 2. The Hall–Kier alpha value is -2.93. The Morgan fingerprint density at radius 3 is 2.29 bits per heavy atom. The Kier molecular flexibility index (Phi) is 5.75. The van der Waals surface area contributed by atoms with Gasteiger partial charge in [0.25, 0.3) is 5.91 Å². The van der Waals surface area contributed by atoms with Gasteiger partial charge in [0.2, 0.25) is 5.91 Å². The van der Waals surface area contributed by atoms with Crippen LogP contribution in [-0.4, -0.2) is 28.3 Å². The first kappa shape index (κ1) is 22.5. The van der Waals surface area contributed by atoms with Crippen LogP contribution in [-0.2, 0) is 9.59 Å². The number of halogens is 1. The molecule has 2 amide bonds. The normalized spacial score (nSPS) is 30.1. The predicted octanol–water partition coefficient (Wildman–Crippen LogP) is 5.39. The molecule has 5 nitrogen and oxygen atoms in total. The van der Waals surface area contributed by atoms with Gasteiger partial charge in [-0.1, -0.05) is 42.1 Å². The summed E-state index contributed by atoms with van der Waals surface area (Å²) in [5.41, 5.74) is 1.64. The highest BCUT2D eigenvalue weighted by atomic mass is 32.2. The van der Waals surface area contributed by atoms with Crippen molar-refractivity contribution in [2.45, 2.75) is 44.1 Å². The molecule has 4 aliphatic carbocycles. The van der Waals surface area contributed by atoms with Crippen LogP contribution in [0.1, 0.15) is 44.1 Å². The number of amides is 2. The molecular formula is C28H28FN3O2S. The Labute approximate surface area is 208 Å². The molecule has 0 atom stereocenters. The number of amidine groups is 1. The molecule has 0 saturated heterocycles. The molecule has 2 aromatic rings. The summed E-state index contributed by atoms with van der Waals surface area (Å²) in [4.78, 5) is 32.4. The Morgan fingerprint density at radius 1 is 1.03 bits per heavy atom. The molecule has 0 spiro atoms. The number of thioether (sulfide) groups is 1. The summed E-state index contributed by atoms with van der Waals surface area (Å²) in [6.07, 6.45) is 9.01. The van der Waals surface area contributed by atoms with Crippen molar-refractivity contribution in [3.8, 4) is 0 Å². The molecule has 1 aliphatic heterocycles. The molecule has 0 unspecified atom stereocenters. The van der Waals surface area contributed by atoms with E-state index < -0.39 is 0 Å². The smallest absolute Gasteiger partial charge is 0.283 e. The van der Waals surface area contributed by atoms with Crippen LogP contribution in [0.5, 0.6) is 0 Å². The van der Waals surface area contributed by atoms with Gasteiger partial charge in [0, 0.05) is 5.54 Å². The van der Waals surface area contributed by atoms with E-state index in [1.54, 1.807) is 18.2 Å². The topological polar surface area (TPSA) is 61.8 Å². The summed E-state index contributed by atoms with van der Waals surface area (Å²) < 4.78 is 13.5. The molecule has 4 bridgehead atoms. The van der Waals surface area contributed by atoms with Crippen molar-refractivity contribution < 1.29 is 14.0 Å². The van der Waals surface area contributed by atoms with Crippen LogP contribution < -0.4 is 10.2 Å². The first-order chi connectivity index (χ1) is 17.0. The molecule has 180 valence electrons. The number of anilines is 1. The van der Waals surface area contributed by atoms with E-state index in [0.29, 0.717) is 16.6 Å². The molecule has 35 heavy (non-hydrogen) atoms. The van der Waals surface area contributed by atoms with E-state index >= 15 is 0 Å². The Balaban J connectivity index is 1.20. The monoisotopic (exact) mass is 489 g/mol. The lowest BCUT2D eigenvalue weighted by molar-refractivity contribution is -0.124. The van der Waals surface area contributed by atoms with Gasteiger partial charge in [0.15, 0.2) is 5.17 Å². The van der Waals surface area contributed by atoms with E-state index in [9.17, 15) is 14.0 Å². The van der Waals surface area contributed by atoms with E-state index in [2.05, 4.69) is 10.3 Å². The standard InChI is InChI=1S/C28H28FN3O2S/c29-22-6-8-23(9-7-22)32-26(34)24(13-18-4-2-1-3-5-18)30-27(32)35-17-25(33)31-28-14-19-10-20(15-28)12-21(11-19)16-28/h1-9,13,19-21H,10-12,14-17H2,(H,31,33). The number of carbonyl (C=O) groups excluding carboxylic acids is 2. The average molecular weight is 490 g/mol. The Morgan fingerprint density at radius 2 is 1.66 bits per heavy atom. The summed E-state index contributed by atoms with van der Waals surface area (Å²) in [5.74, 6) is 1.78. The number of hydrogen-bond acceptors (Lipinski definition) is 4. The quantitative estimate of drug-likeness (QED) is 0.573. The van der Waals surface area contributed by atoms with Gasteiger partial charge in [0.1, 0.15) is 11.5 Å². The molecule has 2 aromatic carbocycles. The van der Waals surface area contributed by atoms with Crippen molar-refractivity contribution in [1.29, 1.82) is 0 Å². The van der Waals surface area contributed by atoms with Gasteiger partial charge in [-0.25, -0.2) is 9.38 Å². The van der Waals surface area contributed by atoms with Crippen LogP contribution in [0.3, 0.4) is 0 Å². The summed E-state index contributed by atoms with van der Waals surface area (Å²) in [5, 5.41) is 3.83. The fourth-order valence-corrected chi connectivity index (χ4v) is 7.66. The molecule has 1 heterocycles. The van der Waals surface area contributed by atoms with Crippen molar-refractivity contribution in [3.05, 3.63) is 71.7 Å². The van der Waals surface area contributed by atoms with E-state index in [1.807, 2.05) is 30.3 Å². The van der Waals surface area contributed by atoms with Crippen LogP contribution in [0.4, 0.5) is 10.1 Å². The van der Waals surface area contributed by atoms with Gasteiger partial charge < -0.3 is 5.32 Å². The second kappa shape index (κ2) is 8.94. The summed E-state index contributed by atoms with van der Waals surface area (Å²) in [6.45, 7) is 0. The first-order valence-electron chi connectivity index (χ1n) is 12.4. The lowest BCUT2D eigenvalue weighted by Gasteiger charge is -2.56. The van der Waals surface area contributed by atoms with Crippen molar-refractivity contribution in [2.24, 2.45) is 22.7 Å². The Bertz CT molecular complexity index is 1170. The highest BCUT2D eigenvalue weighted by molar-refractivity contribution is 8.14. The van der Waals surface area contributed by atoms with Crippen LogP contribution in [0, 0.1) is 23.6 Å². The maximum absolute atomic E-state index is 13.5. The zero-order valence-electron chi connectivity index (χ0n) is 19.5. The molecule has 0 radical (unpaired) electrons. The molecule has 4 saturated carbocycles. The van der Waals surface area contributed by atoms with Gasteiger partial charge in [-0.3, -0.25) is 14.5 Å². The molecule has 4 fully saturated rings. The molecule has 0 aromatic heterocycles. The zero-order valence-corrected chi connectivity index (χ0v) is 20.3. The van der Waals surface area contributed by atoms with E-state index in [4.69, 9.17) is 0 Å². The summed E-state index contributed by atoms with van der Waals surface area (Å²) in [7, 11) is 0. The van der Waals surface area contributed by atoms with Crippen molar-refractivity contribution in [3.63, 3.8) is 0 Å². The van der Waals surface area contributed by atoms with E-state index in [0.717, 1.165) is 42.6 Å². The van der Waals surface area contributed by atoms with Gasteiger partial charge in [0.05, 0.1) is 11.4 Å². The van der Waals surface area contributed by atoms with Crippen molar-refractivity contribution >= 4 is 40.5 Å². The third-order valence-corrected chi connectivity index (χ3v) is 8.73. The molecule has 5 aliphatic rings. The van der Waals surface area contributed by atoms with Crippen LogP contribution in [0.25, 0.3) is 6.08 Å². The van der Waals surface area contributed by atoms with E-state index in [1.165, 1.54) is 48.1 Å². The average Bonchev–Trinajstić information content (AvgIpc) is 3.12. The van der Waals surface area contributed by atoms with Gasteiger partial charge in [-0.2, -0.15) is 0 Å². The van der Waals surface area contributed by atoms with Crippen LogP contribution in [0.2, 0.25) is 0 Å². The SMILES string of the molecule is O=C(CSC1=NC(=Cc2ccccc2)C(=O)N1c1ccc(F)cc1)NC12CC3CC(CC(C3)C1)C2. The fourth-order valence-electron chi connectivity index (χ4n) is 6.84. The largest absolute Gasteiger partial charge is 0.350 e. The van der Waals surface area contributed by atoms with Gasteiger partial charge >= 0.3 is 0 Å². The van der Waals surface area contributed by atoms with Crippen molar-refractivity contribution in [2.75, 3.05) is 10.7 Å².